The van der Waals surface area contributed by atoms with Gasteiger partial charge in [0.1, 0.15) is 5.82 Å². The normalized spacial score (nSPS) is 16.4. The van der Waals surface area contributed by atoms with E-state index in [4.69, 9.17) is 16.6 Å². The van der Waals surface area contributed by atoms with Crippen LogP contribution in [0.1, 0.15) is 36.2 Å². The molecule has 1 fully saturated rings. The number of nitrogens with zero attached hydrogens (tertiary/aromatic N) is 3. The van der Waals surface area contributed by atoms with Crippen LogP contribution in [-0.4, -0.2) is 22.0 Å². The second kappa shape index (κ2) is 8.20. The first-order valence-corrected chi connectivity index (χ1v) is 11.1. The highest BCUT2D eigenvalue weighted by atomic mass is 35.5. The van der Waals surface area contributed by atoms with Gasteiger partial charge in [0, 0.05) is 36.1 Å². The summed E-state index contributed by atoms with van der Waals surface area (Å²) in [5.74, 6) is 1.18. The number of aromatic nitrogens is 2. The number of hydrogen-bond acceptors (Lipinski definition) is 2. The number of fused-ring (bicyclic) bond motifs is 1. The lowest BCUT2D eigenvalue weighted by Gasteiger charge is -2.18. The second-order valence-corrected chi connectivity index (χ2v) is 8.53. The van der Waals surface area contributed by atoms with Crippen LogP contribution in [0.15, 0.2) is 72.8 Å². The van der Waals surface area contributed by atoms with Crippen LogP contribution in [0.4, 0.5) is 5.69 Å². The molecule has 1 aromatic heterocycles. The van der Waals surface area contributed by atoms with Gasteiger partial charge in [0.25, 0.3) is 0 Å². The highest BCUT2D eigenvalue weighted by Gasteiger charge is 2.34. The second-order valence-electron chi connectivity index (χ2n) is 8.10. The van der Waals surface area contributed by atoms with Gasteiger partial charge in [-0.15, -0.1) is 0 Å². The molecule has 4 aromatic rings. The van der Waals surface area contributed by atoms with E-state index in [0.29, 0.717) is 19.5 Å². The number of amides is 1. The fraction of sp³-hybridized carbons (Fsp3) is 0.231. The molecule has 1 aliphatic heterocycles. The first-order chi connectivity index (χ1) is 15.1. The Labute approximate surface area is 187 Å². The maximum absolute atomic E-state index is 12.9. The minimum Gasteiger partial charge on any atom is -0.323 e. The number of anilines is 1. The Kier molecular flexibility index (Phi) is 5.24. The van der Waals surface area contributed by atoms with Crippen molar-refractivity contribution in [1.29, 1.82) is 0 Å². The number of hydrogen-bond donors (Lipinski definition) is 0. The minimum absolute atomic E-state index is 0.0538. The summed E-state index contributed by atoms with van der Waals surface area (Å²) in [5.41, 5.74) is 5.45. The third-order valence-electron chi connectivity index (χ3n) is 6.08. The van der Waals surface area contributed by atoms with E-state index in [1.165, 1.54) is 5.56 Å². The van der Waals surface area contributed by atoms with Gasteiger partial charge in [0.05, 0.1) is 11.0 Å². The Morgan fingerprint density at radius 3 is 2.42 bits per heavy atom. The Bertz CT molecular complexity index is 1230. The van der Waals surface area contributed by atoms with Crippen molar-refractivity contribution in [3.05, 3.63) is 94.8 Å². The average Bonchev–Trinajstić information content (AvgIpc) is 3.36. The van der Waals surface area contributed by atoms with E-state index in [2.05, 4.69) is 41.8 Å². The van der Waals surface area contributed by atoms with E-state index in [1.807, 2.05) is 47.4 Å². The van der Waals surface area contributed by atoms with Crippen LogP contribution >= 0.6 is 11.6 Å². The van der Waals surface area contributed by atoms with Gasteiger partial charge in [-0.05, 0) is 53.9 Å². The first kappa shape index (κ1) is 19.8. The number of halogens is 1. The molecular weight excluding hydrogens is 406 g/mol. The number of aryl methyl sites for hydroxylation is 1. The zero-order valence-corrected chi connectivity index (χ0v) is 18.2. The molecule has 0 saturated carbocycles. The van der Waals surface area contributed by atoms with Crippen molar-refractivity contribution < 1.29 is 4.79 Å². The van der Waals surface area contributed by atoms with E-state index in [0.717, 1.165) is 39.6 Å². The number of imidazole rings is 1. The zero-order chi connectivity index (χ0) is 21.4. The third-order valence-corrected chi connectivity index (χ3v) is 6.34. The van der Waals surface area contributed by atoms with Gasteiger partial charge in [0.2, 0.25) is 5.91 Å². The molecule has 1 saturated heterocycles. The summed E-state index contributed by atoms with van der Waals surface area (Å²) in [4.78, 5) is 19.8. The van der Waals surface area contributed by atoms with Crippen LogP contribution in [0.3, 0.4) is 0 Å². The summed E-state index contributed by atoms with van der Waals surface area (Å²) in [6, 6.07) is 24.4. The maximum atomic E-state index is 12.9. The molecule has 5 rings (SSSR count). The largest absolute Gasteiger partial charge is 0.323 e. The Balaban J connectivity index is 1.49. The molecule has 0 bridgehead atoms. The molecule has 4 nitrogen and oxygen atoms in total. The van der Waals surface area contributed by atoms with E-state index >= 15 is 0 Å². The molecule has 0 spiro atoms. The maximum Gasteiger partial charge on any atom is 0.227 e. The van der Waals surface area contributed by atoms with Crippen LogP contribution in [0.5, 0.6) is 0 Å². The van der Waals surface area contributed by atoms with Crippen LogP contribution in [-0.2, 0) is 17.8 Å². The lowest BCUT2D eigenvalue weighted by molar-refractivity contribution is -0.117. The molecule has 1 unspecified atom stereocenters. The van der Waals surface area contributed by atoms with Gasteiger partial charge in [0.15, 0.2) is 0 Å². The smallest absolute Gasteiger partial charge is 0.227 e. The number of para-hydroxylation sites is 2. The SMILES string of the molecule is CCc1ccc(N2CC(c3nc4ccccc4n3Cc3ccc(Cl)cc3)CC2=O)cc1. The fourth-order valence-corrected chi connectivity index (χ4v) is 4.51. The quantitative estimate of drug-likeness (QED) is 0.401. The standard InChI is InChI=1S/C26H24ClN3O/c1-2-18-9-13-22(14-10-18)29-17-20(15-25(29)31)26-28-23-5-3-4-6-24(23)30(26)16-19-7-11-21(27)12-8-19/h3-14,20H,2,15-17H2,1H3. The van der Waals surface area contributed by atoms with Crippen molar-refractivity contribution in [2.24, 2.45) is 0 Å². The van der Waals surface area contributed by atoms with Crippen molar-refractivity contribution >= 4 is 34.2 Å². The molecule has 3 aromatic carbocycles. The monoisotopic (exact) mass is 429 g/mol. The van der Waals surface area contributed by atoms with E-state index in [-0.39, 0.29) is 11.8 Å². The van der Waals surface area contributed by atoms with Gasteiger partial charge >= 0.3 is 0 Å². The molecule has 1 amide bonds. The van der Waals surface area contributed by atoms with Gasteiger partial charge in [-0.3, -0.25) is 4.79 Å². The van der Waals surface area contributed by atoms with Crippen molar-refractivity contribution in [3.8, 4) is 0 Å². The van der Waals surface area contributed by atoms with E-state index in [1.54, 1.807) is 0 Å². The Hall–Kier alpha value is -3.11. The molecule has 1 aliphatic rings. The molecule has 5 heteroatoms. The third kappa shape index (κ3) is 3.84. The molecule has 1 atom stereocenters. The van der Waals surface area contributed by atoms with Crippen molar-refractivity contribution in [1.82, 2.24) is 9.55 Å². The zero-order valence-electron chi connectivity index (χ0n) is 17.5. The van der Waals surface area contributed by atoms with E-state index < -0.39 is 0 Å². The predicted molar refractivity (Wildman–Crippen MR) is 126 cm³/mol. The summed E-state index contributed by atoms with van der Waals surface area (Å²) in [7, 11) is 0. The Morgan fingerprint density at radius 2 is 1.68 bits per heavy atom. The summed E-state index contributed by atoms with van der Waals surface area (Å²) in [5, 5.41) is 0.727. The summed E-state index contributed by atoms with van der Waals surface area (Å²) in [6.07, 6.45) is 1.46. The lowest BCUT2D eigenvalue weighted by Crippen LogP contribution is -2.24. The molecule has 156 valence electrons. The van der Waals surface area contributed by atoms with Gasteiger partial charge in [-0.25, -0.2) is 4.98 Å². The number of carbonyl (C=O) groups is 1. The highest BCUT2D eigenvalue weighted by Crippen LogP contribution is 2.33. The van der Waals surface area contributed by atoms with Crippen molar-refractivity contribution in [3.63, 3.8) is 0 Å². The molecule has 0 N–H and O–H groups in total. The Morgan fingerprint density at radius 1 is 0.968 bits per heavy atom. The van der Waals surface area contributed by atoms with Gasteiger partial charge in [-0.1, -0.05) is 54.9 Å². The van der Waals surface area contributed by atoms with Gasteiger partial charge < -0.3 is 9.47 Å². The van der Waals surface area contributed by atoms with Crippen LogP contribution in [0.25, 0.3) is 11.0 Å². The number of rotatable bonds is 5. The topological polar surface area (TPSA) is 38.1 Å². The predicted octanol–water partition coefficient (Wildman–Crippen LogP) is 5.82. The summed E-state index contributed by atoms with van der Waals surface area (Å²) in [6.45, 7) is 3.48. The fourth-order valence-electron chi connectivity index (χ4n) is 4.39. The number of carbonyl (C=O) groups excluding carboxylic acids is 1. The molecule has 0 aliphatic carbocycles. The lowest BCUT2D eigenvalue weighted by atomic mass is 10.1. The molecule has 31 heavy (non-hydrogen) atoms. The minimum atomic E-state index is 0.0538. The van der Waals surface area contributed by atoms with Crippen molar-refractivity contribution in [2.45, 2.75) is 32.2 Å². The van der Waals surface area contributed by atoms with Crippen LogP contribution in [0, 0.1) is 0 Å². The van der Waals surface area contributed by atoms with Crippen LogP contribution in [0.2, 0.25) is 5.02 Å². The van der Waals surface area contributed by atoms with E-state index in [9.17, 15) is 4.79 Å². The molecular formula is C26H24ClN3O. The molecule has 0 radical (unpaired) electrons. The van der Waals surface area contributed by atoms with Crippen LogP contribution < -0.4 is 4.90 Å². The summed E-state index contributed by atoms with van der Waals surface area (Å²) < 4.78 is 2.25. The summed E-state index contributed by atoms with van der Waals surface area (Å²) >= 11 is 6.07. The average molecular weight is 430 g/mol. The van der Waals surface area contributed by atoms with Crippen molar-refractivity contribution in [2.75, 3.05) is 11.4 Å². The molecule has 2 heterocycles. The first-order valence-electron chi connectivity index (χ1n) is 10.7. The number of benzene rings is 3. The highest BCUT2D eigenvalue weighted by molar-refractivity contribution is 6.30. The van der Waals surface area contributed by atoms with Gasteiger partial charge in [-0.2, -0.15) is 0 Å².